The lowest BCUT2D eigenvalue weighted by Gasteiger charge is -2.08. The third kappa shape index (κ3) is 3.41. The average molecular weight is 279 g/mol. The topological polar surface area (TPSA) is 77.3 Å². The highest BCUT2D eigenvalue weighted by Gasteiger charge is 2.14. The van der Waals surface area contributed by atoms with Gasteiger partial charge in [0.2, 0.25) is 0 Å². The van der Waals surface area contributed by atoms with E-state index in [-0.39, 0.29) is 5.69 Å². The van der Waals surface area contributed by atoms with Crippen LogP contribution in [0.3, 0.4) is 0 Å². The fraction of sp³-hybridized carbons (Fsp3) is 0.250. The first-order chi connectivity index (χ1) is 9.20. The molecule has 0 amide bonds. The smallest absolute Gasteiger partial charge is 0.292 e. The molecule has 0 unspecified atom stereocenters. The Morgan fingerprint density at radius 1 is 1.53 bits per heavy atom. The van der Waals surface area contributed by atoms with Crippen LogP contribution in [0.5, 0.6) is 5.75 Å². The Morgan fingerprint density at radius 2 is 2.37 bits per heavy atom. The summed E-state index contributed by atoms with van der Waals surface area (Å²) >= 11 is 1.57. The molecule has 0 spiro atoms. The molecule has 100 valence electrons. The molecule has 0 fully saturated rings. The summed E-state index contributed by atoms with van der Waals surface area (Å²) in [6.07, 6.45) is 2.47. The van der Waals surface area contributed by atoms with Gasteiger partial charge in [-0.05, 0) is 6.07 Å². The van der Waals surface area contributed by atoms with E-state index in [4.69, 9.17) is 4.74 Å². The van der Waals surface area contributed by atoms with Gasteiger partial charge >= 0.3 is 0 Å². The number of nitrogens with one attached hydrogen (secondary N) is 1. The maximum Gasteiger partial charge on any atom is 0.292 e. The van der Waals surface area contributed by atoms with Crippen LogP contribution >= 0.6 is 11.3 Å². The summed E-state index contributed by atoms with van der Waals surface area (Å²) < 4.78 is 5.07. The van der Waals surface area contributed by atoms with Crippen molar-refractivity contribution in [1.82, 2.24) is 4.98 Å². The largest absolute Gasteiger partial charge is 0.497 e. The molecular weight excluding hydrogens is 266 g/mol. The van der Waals surface area contributed by atoms with Gasteiger partial charge in [-0.3, -0.25) is 10.1 Å². The minimum atomic E-state index is -0.412. The second kappa shape index (κ2) is 6.14. The van der Waals surface area contributed by atoms with Gasteiger partial charge in [-0.2, -0.15) is 0 Å². The van der Waals surface area contributed by atoms with Crippen LogP contribution in [0, 0.1) is 10.1 Å². The molecule has 1 heterocycles. The Kier molecular flexibility index (Phi) is 4.30. The van der Waals surface area contributed by atoms with E-state index in [0.717, 1.165) is 11.4 Å². The minimum Gasteiger partial charge on any atom is -0.497 e. The van der Waals surface area contributed by atoms with Crippen molar-refractivity contribution in [2.24, 2.45) is 0 Å². The molecule has 0 saturated carbocycles. The molecule has 19 heavy (non-hydrogen) atoms. The zero-order valence-electron chi connectivity index (χ0n) is 10.3. The number of aromatic nitrogens is 1. The fourth-order valence-corrected chi connectivity index (χ4v) is 2.24. The van der Waals surface area contributed by atoms with Crippen LogP contribution < -0.4 is 10.1 Å². The van der Waals surface area contributed by atoms with Crippen LogP contribution in [0.25, 0.3) is 0 Å². The van der Waals surface area contributed by atoms with Gasteiger partial charge in [0, 0.05) is 36.7 Å². The van der Waals surface area contributed by atoms with E-state index in [0.29, 0.717) is 18.0 Å². The van der Waals surface area contributed by atoms with Crippen LogP contribution in [0.2, 0.25) is 0 Å². The van der Waals surface area contributed by atoms with Crippen LogP contribution in [0.15, 0.2) is 29.8 Å². The lowest BCUT2D eigenvalue weighted by atomic mass is 10.2. The predicted octanol–water partition coefficient (Wildman–Crippen LogP) is 2.71. The van der Waals surface area contributed by atoms with E-state index in [1.165, 1.54) is 13.2 Å². The summed E-state index contributed by atoms with van der Waals surface area (Å²) in [5.74, 6) is 0.586. The van der Waals surface area contributed by atoms with Crippen molar-refractivity contribution >= 4 is 22.7 Å². The van der Waals surface area contributed by atoms with E-state index >= 15 is 0 Å². The summed E-state index contributed by atoms with van der Waals surface area (Å²) in [5, 5.41) is 16.9. The maximum absolute atomic E-state index is 10.9. The molecule has 0 atom stereocenters. The molecule has 0 aliphatic rings. The Labute approximate surface area is 114 Å². The quantitative estimate of drug-likeness (QED) is 0.649. The molecule has 0 radical (unpaired) electrons. The highest BCUT2D eigenvalue weighted by molar-refractivity contribution is 7.09. The molecule has 0 aliphatic carbocycles. The number of ether oxygens (including phenoxy) is 1. The van der Waals surface area contributed by atoms with Gasteiger partial charge in [0.1, 0.15) is 11.4 Å². The van der Waals surface area contributed by atoms with Crippen molar-refractivity contribution in [2.45, 2.75) is 6.42 Å². The standard InChI is InChI=1S/C12H13N3O3S/c1-18-9-2-3-11(15(16)17)10(8-9)13-5-4-12-14-6-7-19-12/h2-3,6-8,13H,4-5H2,1H3. The number of anilines is 1. The second-order valence-corrected chi connectivity index (χ2v) is 4.72. The van der Waals surface area contributed by atoms with E-state index < -0.39 is 4.92 Å². The van der Waals surface area contributed by atoms with Gasteiger partial charge in [-0.15, -0.1) is 11.3 Å². The zero-order chi connectivity index (χ0) is 13.7. The van der Waals surface area contributed by atoms with E-state index in [9.17, 15) is 10.1 Å². The highest BCUT2D eigenvalue weighted by Crippen LogP contribution is 2.28. The van der Waals surface area contributed by atoms with Crippen molar-refractivity contribution in [3.63, 3.8) is 0 Å². The Balaban J connectivity index is 2.06. The van der Waals surface area contributed by atoms with Gasteiger partial charge in [0.05, 0.1) is 17.0 Å². The number of nitro groups is 1. The van der Waals surface area contributed by atoms with Crippen molar-refractivity contribution in [3.8, 4) is 5.75 Å². The highest BCUT2D eigenvalue weighted by atomic mass is 32.1. The van der Waals surface area contributed by atoms with Gasteiger partial charge in [-0.1, -0.05) is 0 Å². The summed E-state index contributed by atoms with van der Waals surface area (Å²) in [6, 6.07) is 4.63. The van der Waals surface area contributed by atoms with Crippen molar-refractivity contribution in [3.05, 3.63) is 44.9 Å². The average Bonchev–Trinajstić information content (AvgIpc) is 2.91. The molecule has 7 heteroatoms. The fourth-order valence-electron chi connectivity index (χ4n) is 1.62. The summed E-state index contributed by atoms with van der Waals surface area (Å²) in [5.41, 5.74) is 0.501. The van der Waals surface area contributed by atoms with Crippen LogP contribution in [-0.2, 0) is 6.42 Å². The molecule has 2 rings (SSSR count). The molecule has 0 bridgehead atoms. The number of hydrogen-bond acceptors (Lipinski definition) is 6. The predicted molar refractivity (Wildman–Crippen MR) is 74.0 cm³/mol. The molecule has 0 aliphatic heterocycles. The maximum atomic E-state index is 10.9. The first-order valence-electron chi connectivity index (χ1n) is 5.65. The van der Waals surface area contributed by atoms with Gasteiger partial charge in [0.25, 0.3) is 5.69 Å². The number of methoxy groups -OCH3 is 1. The van der Waals surface area contributed by atoms with Crippen LogP contribution in [0.1, 0.15) is 5.01 Å². The van der Waals surface area contributed by atoms with E-state index in [2.05, 4.69) is 10.3 Å². The normalized spacial score (nSPS) is 10.2. The summed E-state index contributed by atoms with van der Waals surface area (Å²) in [7, 11) is 1.53. The molecule has 2 aromatic rings. The number of nitro benzene ring substituents is 1. The molecular formula is C12H13N3O3S. The molecule has 0 saturated heterocycles. The van der Waals surface area contributed by atoms with Crippen molar-refractivity contribution < 1.29 is 9.66 Å². The third-order valence-corrected chi connectivity index (χ3v) is 3.38. The van der Waals surface area contributed by atoms with Gasteiger partial charge in [0.15, 0.2) is 0 Å². The minimum absolute atomic E-state index is 0.0416. The van der Waals surface area contributed by atoms with Gasteiger partial charge in [-0.25, -0.2) is 4.98 Å². The molecule has 1 aromatic carbocycles. The SMILES string of the molecule is COc1ccc([N+](=O)[O-])c(NCCc2nccs2)c1. The number of hydrogen-bond donors (Lipinski definition) is 1. The number of nitrogens with zero attached hydrogens (tertiary/aromatic N) is 2. The van der Waals surface area contributed by atoms with Crippen molar-refractivity contribution in [1.29, 1.82) is 0 Å². The van der Waals surface area contributed by atoms with Gasteiger partial charge < -0.3 is 10.1 Å². The first-order valence-corrected chi connectivity index (χ1v) is 6.53. The summed E-state index contributed by atoms with van der Waals surface area (Å²) in [6.45, 7) is 0.585. The van der Waals surface area contributed by atoms with E-state index in [1.54, 1.807) is 29.7 Å². The van der Waals surface area contributed by atoms with Crippen LogP contribution in [-0.4, -0.2) is 23.6 Å². The molecule has 1 aromatic heterocycles. The summed E-state index contributed by atoms with van der Waals surface area (Å²) in [4.78, 5) is 14.7. The molecule has 6 nitrogen and oxygen atoms in total. The first kappa shape index (κ1) is 13.3. The lowest BCUT2D eigenvalue weighted by Crippen LogP contribution is -2.07. The second-order valence-electron chi connectivity index (χ2n) is 3.74. The third-order valence-electron chi connectivity index (χ3n) is 2.54. The van der Waals surface area contributed by atoms with Crippen LogP contribution in [0.4, 0.5) is 11.4 Å². The Hall–Kier alpha value is -2.15. The number of benzene rings is 1. The lowest BCUT2D eigenvalue weighted by molar-refractivity contribution is -0.384. The Morgan fingerprint density at radius 3 is 3.00 bits per heavy atom. The molecule has 1 N–H and O–H groups in total. The number of rotatable bonds is 6. The van der Waals surface area contributed by atoms with Crippen molar-refractivity contribution in [2.75, 3.05) is 19.0 Å². The monoisotopic (exact) mass is 279 g/mol. The zero-order valence-corrected chi connectivity index (χ0v) is 11.1. The van der Waals surface area contributed by atoms with E-state index in [1.807, 2.05) is 5.38 Å². The number of thiazole rings is 1. The Bertz CT molecular complexity index is 557.